The molecule has 1 saturated heterocycles. The summed E-state index contributed by atoms with van der Waals surface area (Å²) < 4.78 is 31.6. The van der Waals surface area contributed by atoms with Gasteiger partial charge in [0.2, 0.25) is 0 Å². The molecule has 2 rings (SSSR count). The number of esters is 1. The van der Waals surface area contributed by atoms with Crippen molar-refractivity contribution in [3.63, 3.8) is 0 Å². The summed E-state index contributed by atoms with van der Waals surface area (Å²) in [5, 5.41) is 3.24. The number of hydrogen-bond donors (Lipinski definition) is 1. The molecule has 1 aliphatic rings. The van der Waals surface area contributed by atoms with Crippen LogP contribution < -0.4 is 5.32 Å². The van der Waals surface area contributed by atoms with Gasteiger partial charge in [0.15, 0.2) is 5.96 Å². The molecule has 152 valence electrons. The molecule has 0 saturated carbocycles. The Kier molecular flexibility index (Phi) is 10.6. The zero-order valence-corrected chi connectivity index (χ0v) is 18.2. The smallest absolute Gasteiger partial charge is 0.309 e. The molecule has 0 unspecified atom stereocenters. The molecular formula is C19H28F2IN3O2. The number of guanidine groups is 1. The van der Waals surface area contributed by atoms with Gasteiger partial charge in [0.1, 0.15) is 11.6 Å². The minimum Gasteiger partial charge on any atom is -0.466 e. The Morgan fingerprint density at radius 2 is 1.85 bits per heavy atom. The van der Waals surface area contributed by atoms with E-state index in [2.05, 4.69) is 15.2 Å². The van der Waals surface area contributed by atoms with Crippen molar-refractivity contribution in [2.45, 2.75) is 33.1 Å². The maximum Gasteiger partial charge on any atom is 0.309 e. The van der Waals surface area contributed by atoms with E-state index >= 15 is 0 Å². The zero-order valence-electron chi connectivity index (χ0n) is 15.8. The average Bonchev–Trinajstić information content (AvgIpc) is 2.60. The fourth-order valence-electron chi connectivity index (χ4n) is 3.06. The second-order valence-electron chi connectivity index (χ2n) is 6.28. The summed E-state index contributed by atoms with van der Waals surface area (Å²) in [6.07, 6.45) is 1.93. The number of aliphatic imine (C=N–C) groups is 1. The number of benzene rings is 1. The van der Waals surface area contributed by atoms with Gasteiger partial charge in [0.25, 0.3) is 0 Å². The number of rotatable bonds is 6. The number of nitrogens with one attached hydrogen (secondary N) is 1. The number of halogens is 3. The summed E-state index contributed by atoms with van der Waals surface area (Å²) in [5.41, 5.74) is 0.586. The largest absolute Gasteiger partial charge is 0.466 e. The van der Waals surface area contributed by atoms with E-state index in [4.69, 9.17) is 4.74 Å². The minimum absolute atomic E-state index is 0. The maximum absolute atomic E-state index is 13.2. The number of likely N-dealkylation sites (tertiary alicyclic amines) is 1. The molecule has 1 heterocycles. The number of carbonyl (C=O) groups is 1. The quantitative estimate of drug-likeness (QED) is 0.285. The molecule has 1 aliphatic heterocycles. The lowest BCUT2D eigenvalue weighted by molar-refractivity contribution is -0.149. The van der Waals surface area contributed by atoms with Crippen LogP contribution in [0.4, 0.5) is 8.78 Å². The highest BCUT2D eigenvalue weighted by Gasteiger charge is 2.27. The summed E-state index contributed by atoms with van der Waals surface area (Å²) in [5.74, 6) is -0.549. The number of piperidine rings is 1. The van der Waals surface area contributed by atoms with Crippen molar-refractivity contribution in [2.75, 3.05) is 32.8 Å². The van der Waals surface area contributed by atoms with Crippen LogP contribution in [0.3, 0.4) is 0 Å². The predicted molar refractivity (Wildman–Crippen MR) is 112 cm³/mol. The van der Waals surface area contributed by atoms with Crippen LogP contribution in [0.5, 0.6) is 0 Å². The number of carbonyl (C=O) groups excluding carboxylic acids is 1. The predicted octanol–water partition coefficient (Wildman–Crippen LogP) is 3.37. The molecule has 0 aliphatic carbocycles. The Hall–Kier alpha value is -1.45. The third-order valence-electron chi connectivity index (χ3n) is 4.33. The van der Waals surface area contributed by atoms with Crippen LogP contribution in [0.25, 0.3) is 0 Å². The fourth-order valence-corrected chi connectivity index (χ4v) is 3.06. The lowest BCUT2D eigenvalue weighted by Crippen LogP contribution is -2.46. The van der Waals surface area contributed by atoms with Crippen LogP contribution in [0.1, 0.15) is 32.3 Å². The normalized spacial score (nSPS) is 15.3. The van der Waals surface area contributed by atoms with E-state index in [1.807, 2.05) is 13.8 Å². The Morgan fingerprint density at radius 3 is 2.41 bits per heavy atom. The van der Waals surface area contributed by atoms with Crippen LogP contribution in [-0.4, -0.2) is 49.6 Å². The molecule has 0 spiro atoms. The highest BCUT2D eigenvalue weighted by atomic mass is 127. The Balaban J connectivity index is 0.00000364. The number of nitrogens with zero attached hydrogens (tertiary/aromatic N) is 2. The van der Waals surface area contributed by atoms with Crippen molar-refractivity contribution in [3.05, 3.63) is 35.4 Å². The summed E-state index contributed by atoms with van der Waals surface area (Å²) >= 11 is 0. The fraction of sp³-hybridized carbons (Fsp3) is 0.579. The molecule has 0 radical (unpaired) electrons. The topological polar surface area (TPSA) is 53.9 Å². The van der Waals surface area contributed by atoms with Crippen LogP contribution in [0.2, 0.25) is 0 Å². The van der Waals surface area contributed by atoms with Gasteiger partial charge in [0, 0.05) is 32.2 Å². The van der Waals surface area contributed by atoms with Crippen molar-refractivity contribution in [1.82, 2.24) is 10.2 Å². The number of hydrogen-bond acceptors (Lipinski definition) is 3. The highest BCUT2D eigenvalue weighted by molar-refractivity contribution is 14.0. The summed E-state index contributed by atoms with van der Waals surface area (Å²) in [6.45, 7) is 6.82. The second kappa shape index (κ2) is 12.1. The molecule has 0 bridgehead atoms. The lowest BCUT2D eigenvalue weighted by atomic mass is 9.97. The molecule has 1 fully saturated rings. The van der Waals surface area contributed by atoms with Crippen molar-refractivity contribution < 1.29 is 18.3 Å². The molecule has 1 aromatic carbocycles. The molecule has 8 heteroatoms. The van der Waals surface area contributed by atoms with Crippen molar-refractivity contribution in [3.8, 4) is 0 Å². The van der Waals surface area contributed by atoms with Crippen LogP contribution in [-0.2, 0) is 16.0 Å². The number of ether oxygens (including phenoxy) is 1. The van der Waals surface area contributed by atoms with E-state index in [0.717, 1.165) is 44.5 Å². The third kappa shape index (κ3) is 7.59. The van der Waals surface area contributed by atoms with E-state index in [0.29, 0.717) is 25.1 Å². The molecule has 1 aromatic rings. The third-order valence-corrected chi connectivity index (χ3v) is 4.33. The maximum atomic E-state index is 13.2. The molecule has 0 aromatic heterocycles. The van der Waals surface area contributed by atoms with Crippen LogP contribution >= 0.6 is 24.0 Å². The summed E-state index contributed by atoms with van der Waals surface area (Å²) in [6, 6.07) is 3.53. The van der Waals surface area contributed by atoms with Gasteiger partial charge in [-0.1, -0.05) is 0 Å². The first-order valence-electron chi connectivity index (χ1n) is 9.18. The zero-order chi connectivity index (χ0) is 18.9. The van der Waals surface area contributed by atoms with Crippen molar-refractivity contribution >= 4 is 35.9 Å². The Bertz CT molecular complexity index is 615. The van der Waals surface area contributed by atoms with Gasteiger partial charge in [-0.3, -0.25) is 9.79 Å². The van der Waals surface area contributed by atoms with E-state index in [-0.39, 0.29) is 35.9 Å². The Morgan fingerprint density at radius 1 is 1.22 bits per heavy atom. The molecule has 0 amide bonds. The van der Waals surface area contributed by atoms with Gasteiger partial charge < -0.3 is 15.0 Å². The monoisotopic (exact) mass is 495 g/mol. The minimum atomic E-state index is -0.572. The molecular weight excluding hydrogens is 467 g/mol. The van der Waals surface area contributed by atoms with Crippen molar-refractivity contribution in [1.29, 1.82) is 0 Å². The molecule has 27 heavy (non-hydrogen) atoms. The highest BCUT2D eigenvalue weighted by Crippen LogP contribution is 2.19. The van der Waals surface area contributed by atoms with Crippen molar-refractivity contribution in [2.24, 2.45) is 10.9 Å². The van der Waals surface area contributed by atoms with Gasteiger partial charge in [0.05, 0.1) is 12.5 Å². The van der Waals surface area contributed by atoms with E-state index in [9.17, 15) is 13.6 Å². The van der Waals surface area contributed by atoms with Gasteiger partial charge in [-0.2, -0.15) is 0 Å². The van der Waals surface area contributed by atoms with E-state index < -0.39 is 11.6 Å². The molecule has 0 atom stereocenters. The van der Waals surface area contributed by atoms with Crippen LogP contribution in [0, 0.1) is 17.6 Å². The van der Waals surface area contributed by atoms with Gasteiger partial charge >= 0.3 is 5.97 Å². The van der Waals surface area contributed by atoms with Gasteiger partial charge in [-0.05, 0) is 50.8 Å². The first-order chi connectivity index (χ1) is 12.5. The van der Waals surface area contributed by atoms with Crippen LogP contribution in [0.15, 0.2) is 23.2 Å². The first-order valence-corrected chi connectivity index (χ1v) is 9.18. The standard InChI is InChI=1S/C19H27F2N3O2.HI/c1-3-22-19(23-8-5-14-11-16(20)13-17(21)12-14)24-9-6-15(7-10-24)18(25)26-4-2;/h11-13,15H,3-10H2,1-2H3,(H,22,23);1H. The SMILES string of the molecule is CCNC(=NCCc1cc(F)cc(F)c1)N1CCC(C(=O)OCC)CC1.I. The first kappa shape index (κ1) is 23.6. The Labute approximate surface area is 176 Å². The summed E-state index contributed by atoms with van der Waals surface area (Å²) in [4.78, 5) is 18.5. The van der Waals surface area contributed by atoms with E-state index in [1.165, 1.54) is 12.1 Å². The average molecular weight is 495 g/mol. The molecule has 1 N–H and O–H groups in total. The molecule has 5 nitrogen and oxygen atoms in total. The van der Waals surface area contributed by atoms with Gasteiger partial charge in [-0.15, -0.1) is 24.0 Å². The van der Waals surface area contributed by atoms with E-state index in [1.54, 1.807) is 0 Å². The van der Waals surface area contributed by atoms with Gasteiger partial charge in [-0.25, -0.2) is 8.78 Å². The summed E-state index contributed by atoms with van der Waals surface area (Å²) in [7, 11) is 0. The lowest BCUT2D eigenvalue weighted by Gasteiger charge is -2.33. The second-order valence-corrected chi connectivity index (χ2v) is 6.28.